The van der Waals surface area contributed by atoms with Crippen molar-refractivity contribution in [2.24, 2.45) is 0 Å². The first-order valence-corrected chi connectivity index (χ1v) is 6.09. The van der Waals surface area contributed by atoms with Crippen LogP contribution in [0.25, 0.3) is 0 Å². The number of hydrogen-bond acceptors (Lipinski definition) is 3. The van der Waals surface area contributed by atoms with Crippen LogP contribution in [0.3, 0.4) is 0 Å². The zero-order valence-electron chi connectivity index (χ0n) is 10.3. The average Bonchev–Trinajstić information content (AvgIpc) is 2.18. The number of ether oxygens (including phenoxy) is 1. The van der Waals surface area contributed by atoms with Crippen molar-refractivity contribution in [1.29, 1.82) is 0 Å². The van der Waals surface area contributed by atoms with Gasteiger partial charge in [-0.1, -0.05) is 0 Å². The van der Waals surface area contributed by atoms with Gasteiger partial charge < -0.3 is 14.7 Å². The topological polar surface area (TPSA) is 32.7 Å². The van der Waals surface area contributed by atoms with Crippen molar-refractivity contribution in [3.05, 3.63) is 0 Å². The van der Waals surface area contributed by atoms with Gasteiger partial charge in [0.25, 0.3) is 0 Å². The Morgan fingerprint density at radius 3 is 2.40 bits per heavy atom. The summed E-state index contributed by atoms with van der Waals surface area (Å²) in [7, 11) is 2.16. The third kappa shape index (κ3) is 4.96. The molecular formula is C12H25NO2. The van der Waals surface area contributed by atoms with Gasteiger partial charge in [0.1, 0.15) is 0 Å². The third-order valence-corrected chi connectivity index (χ3v) is 3.18. The van der Waals surface area contributed by atoms with Crippen LogP contribution in [-0.4, -0.2) is 48.5 Å². The minimum atomic E-state index is -0.0541. The largest absolute Gasteiger partial charge is 0.393 e. The molecule has 1 N–H and O–H groups in total. The molecule has 90 valence electrons. The molecule has 0 unspecified atom stereocenters. The van der Waals surface area contributed by atoms with Gasteiger partial charge in [-0.2, -0.15) is 0 Å². The van der Waals surface area contributed by atoms with Gasteiger partial charge in [-0.15, -0.1) is 0 Å². The van der Waals surface area contributed by atoms with E-state index < -0.39 is 0 Å². The molecule has 0 aromatic heterocycles. The van der Waals surface area contributed by atoms with Crippen LogP contribution in [0.15, 0.2) is 0 Å². The zero-order valence-corrected chi connectivity index (χ0v) is 10.3. The van der Waals surface area contributed by atoms with Crippen molar-refractivity contribution < 1.29 is 9.84 Å². The van der Waals surface area contributed by atoms with E-state index in [0.717, 1.165) is 38.8 Å². The van der Waals surface area contributed by atoms with Gasteiger partial charge in [0.2, 0.25) is 0 Å². The number of rotatable bonds is 5. The average molecular weight is 215 g/mol. The highest BCUT2D eigenvalue weighted by Crippen LogP contribution is 2.21. The molecule has 0 amide bonds. The predicted octanol–water partition coefficient (Wildman–Crippen LogP) is 1.65. The molecule has 1 rings (SSSR count). The van der Waals surface area contributed by atoms with Crippen molar-refractivity contribution in [2.45, 2.75) is 57.8 Å². The maximum Gasteiger partial charge on any atom is 0.0596 e. The molecule has 0 atom stereocenters. The van der Waals surface area contributed by atoms with E-state index in [1.807, 2.05) is 0 Å². The summed E-state index contributed by atoms with van der Waals surface area (Å²) in [4.78, 5) is 2.37. The Labute approximate surface area is 93.4 Å². The Hall–Kier alpha value is -0.120. The van der Waals surface area contributed by atoms with Gasteiger partial charge in [-0.3, -0.25) is 0 Å². The number of aliphatic hydroxyl groups excluding tert-OH is 1. The van der Waals surface area contributed by atoms with Crippen LogP contribution in [0.2, 0.25) is 0 Å². The number of likely N-dealkylation sites (N-methyl/N-ethyl adjacent to an activating group) is 1. The van der Waals surface area contributed by atoms with Gasteiger partial charge >= 0.3 is 0 Å². The fourth-order valence-corrected chi connectivity index (χ4v) is 2.11. The molecular weight excluding hydrogens is 190 g/mol. The first-order valence-electron chi connectivity index (χ1n) is 6.09. The van der Waals surface area contributed by atoms with E-state index in [2.05, 4.69) is 25.8 Å². The third-order valence-electron chi connectivity index (χ3n) is 3.18. The second-order valence-corrected chi connectivity index (χ2v) is 4.86. The molecule has 0 heterocycles. The lowest BCUT2D eigenvalue weighted by atomic mass is 9.92. The summed E-state index contributed by atoms with van der Waals surface area (Å²) >= 11 is 0. The first kappa shape index (κ1) is 12.9. The normalized spacial score (nSPS) is 27.6. The summed E-state index contributed by atoms with van der Waals surface area (Å²) < 4.78 is 5.53. The second-order valence-electron chi connectivity index (χ2n) is 4.86. The molecule has 1 aliphatic rings. The maximum atomic E-state index is 9.41. The van der Waals surface area contributed by atoms with Gasteiger partial charge in [0.15, 0.2) is 0 Å². The van der Waals surface area contributed by atoms with Gasteiger partial charge in [-0.05, 0) is 46.6 Å². The molecule has 0 radical (unpaired) electrons. The number of nitrogens with zero attached hydrogens (tertiary/aromatic N) is 1. The van der Waals surface area contributed by atoms with Crippen molar-refractivity contribution in [3.8, 4) is 0 Å². The van der Waals surface area contributed by atoms with Crippen LogP contribution < -0.4 is 0 Å². The van der Waals surface area contributed by atoms with Gasteiger partial charge in [0, 0.05) is 12.6 Å². The lowest BCUT2D eigenvalue weighted by Gasteiger charge is -2.33. The zero-order chi connectivity index (χ0) is 11.3. The quantitative estimate of drug-likeness (QED) is 0.757. The van der Waals surface area contributed by atoms with Crippen molar-refractivity contribution in [1.82, 2.24) is 4.90 Å². The molecule has 3 nitrogen and oxygen atoms in total. The standard InChI is InChI=1S/C12H25NO2/c1-10(2)15-9-8-13(3)11-4-6-12(14)7-5-11/h10-12,14H,4-9H2,1-3H3. The molecule has 0 aromatic carbocycles. The van der Waals surface area contributed by atoms with Crippen LogP contribution in [0.5, 0.6) is 0 Å². The van der Waals surface area contributed by atoms with Gasteiger partial charge in [-0.25, -0.2) is 0 Å². The summed E-state index contributed by atoms with van der Waals surface area (Å²) in [5, 5.41) is 9.41. The Morgan fingerprint density at radius 1 is 1.27 bits per heavy atom. The van der Waals surface area contributed by atoms with E-state index in [0.29, 0.717) is 12.1 Å². The van der Waals surface area contributed by atoms with E-state index in [-0.39, 0.29) is 6.10 Å². The Morgan fingerprint density at radius 2 is 1.87 bits per heavy atom. The van der Waals surface area contributed by atoms with E-state index in [9.17, 15) is 5.11 Å². The van der Waals surface area contributed by atoms with Crippen molar-refractivity contribution in [2.75, 3.05) is 20.2 Å². The highest BCUT2D eigenvalue weighted by atomic mass is 16.5. The van der Waals surface area contributed by atoms with Crippen LogP contribution >= 0.6 is 0 Å². The van der Waals surface area contributed by atoms with Gasteiger partial charge in [0.05, 0.1) is 18.8 Å². The molecule has 3 heteroatoms. The summed E-state index contributed by atoms with van der Waals surface area (Å²) in [6, 6.07) is 0.643. The number of aliphatic hydroxyl groups is 1. The van der Waals surface area contributed by atoms with E-state index in [1.165, 1.54) is 0 Å². The van der Waals surface area contributed by atoms with Crippen molar-refractivity contribution in [3.63, 3.8) is 0 Å². The summed E-state index contributed by atoms with van der Waals surface area (Å²) in [5.74, 6) is 0. The fraction of sp³-hybridized carbons (Fsp3) is 1.00. The number of hydrogen-bond donors (Lipinski definition) is 1. The molecule has 0 spiro atoms. The monoisotopic (exact) mass is 215 g/mol. The minimum absolute atomic E-state index is 0.0541. The highest BCUT2D eigenvalue weighted by molar-refractivity contribution is 4.77. The van der Waals surface area contributed by atoms with Crippen LogP contribution in [0.4, 0.5) is 0 Å². The molecule has 0 saturated heterocycles. The smallest absolute Gasteiger partial charge is 0.0596 e. The van der Waals surface area contributed by atoms with E-state index >= 15 is 0 Å². The Kier molecular flexibility index (Phi) is 5.58. The SMILES string of the molecule is CC(C)OCCN(C)C1CCC(O)CC1. The molecule has 1 saturated carbocycles. The molecule has 15 heavy (non-hydrogen) atoms. The maximum absolute atomic E-state index is 9.41. The summed E-state index contributed by atoms with van der Waals surface area (Å²) in [6.45, 7) is 5.94. The Balaban J connectivity index is 2.13. The lowest BCUT2D eigenvalue weighted by molar-refractivity contribution is 0.0396. The predicted molar refractivity (Wildman–Crippen MR) is 62.0 cm³/mol. The fourth-order valence-electron chi connectivity index (χ4n) is 2.11. The summed E-state index contributed by atoms with van der Waals surface area (Å²) in [5.41, 5.74) is 0. The van der Waals surface area contributed by atoms with E-state index in [1.54, 1.807) is 0 Å². The molecule has 1 fully saturated rings. The minimum Gasteiger partial charge on any atom is -0.393 e. The first-order chi connectivity index (χ1) is 7.09. The van der Waals surface area contributed by atoms with Crippen LogP contribution in [-0.2, 0) is 4.74 Å². The molecule has 1 aliphatic carbocycles. The van der Waals surface area contributed by atoms with Crippen LogP contribution in [0, 0.1) is 0 Å². The Bertz CT molecular complexity index is 165. The lowest BCUT2D eigenvalue weighted by Crippen LogP contribution is -2.38. The second kappa shape index (κ2) is 6.46. The molecule has 0 bridgehead atoms. The molecule has 0 aromatic rings. The van der Waals surface area contributed by atoms with E-state index in [4.69, 9.17) is 4.74 Å². The molecule has 0 aliphatic heterocycles. The van der Waals surface area contributed by atoms with Crippen molar-refractivity contribution >= 4 is 0 Å². The summed E-state index contributed by atoms with van der Waals surface area (Å²) in [6.07, 6.45) is 4.44. The van der Waals surface area contributed by atoms with Crippen LogP contribution in [0.1, 0.15) is 39.5 Å². The highest BCUT2D eigenvalue weighted by Gasteiger charge is 2.22.